The van der Waals surface area contributed by atoms with Crippen LogP contribution in [-0.2, 0) is 6.61 Å². The number of halogens is 1. The molecule has 0 aromatic heterocycles. The zero-order chi connectivity index (χ0) is 20.8. The Labute approximate surface area is 179 Å². The lowest BCUT2D eigenvalue weighted by molar-refractivity contribution is 0.0955. The van der Waals surface area contributed by atoms with E-state index in [4.69, 9.17) is 16.3 Å². The summed E-state index contributed by atoms with van der Waals surface area (Å²) in [6.07, 6.45) is 1.58. The number of benzene rings is 4. The van der Waals surface area contributed by atoms with Crippen LogP contribution in [0.2, 0.25) is 5.02 Å². The molecule has 30 heavy (non-hydrogen) atoms. The van der Waals surface area contributed by atoms with Gasteiger partial charge in [-0.25, -0.2) is 5.43 Å². The van der Waals surface area contributed by atoms with Crippen molar-refractivity contribution in [2.45, 2.75) is 6.61 Å². The fourth-order valence-corrected chi connectivity index (χ4v) is 3.21. The fraction of sp³-hybridized carbons (Fsp3) is 0.0400. The molecule has 0 spiro atoms. The van der Waals surface area contributed by atoms with Crippen LogP contribution in [0, 0.1) is 0 Å². The van der Waals surface area contributed by atoms with Crippen LogP contribution in [0.4, 0.5) is 0 Å². The van der Waals surface area contributed by atoms with Gasteiger partial charge in [-0.15, -0.1) is 0 Å². The molecular weight excluding hydrogens is 396 g/mol. The van der Waals surface area contributed by atoms with Gasteiger partial charge in [0.15, 0.2) is 0 Å². The Hall–Kier alpha value is -3.63. The molecule has 1 amide bonds. The van der Waals surface area contributed by atoms with Gasteiger partial charge in [-0.3, -0.25) is 4.79 Å². The minimum Gasteiger partial charge on any atom is -0.489 e. The van der Waals surface area contributed by atoms with Gasteiger partial charge in [0.1, 0.15) is 12.4 Å². The Bertz CT molecular complexity index is 1220. The van der Waals surface area contributed by atoms with Gasteiger partial charge in [0, 0.05) is 16.1 Å². The molecule has 4 rings (SSSR count). The van der Waals surface area contributed by atoms with E-state index in [9.17, 15) is 4.79 Å². The minimum absolute atomic E-state index is 0.261. The van der Waals surface area contributed by atoms with Crippen molar-refractivity contribution in [3.8, 4) is 5.75 Å². The first-order chi connectivity index (χ1) is 14.7. The molecule has 0 unspecified atom stereocenters. The van der Waals surface area contributed by atoms with Crippen molar-refractivity contribution in [1.29, 1.82) is 0 Å². The zero-order valence-electron chi connectivity index (χ0n) is 16.1. The highest BCUT2D eigenvalue weighted by Gasteiger charge is 2.05. The Morgan fingerprint density at radius 3 is 2.57 bits per heavy atom. The van der Waals surface area contributed by atoms with Crippen molar-refractivity contribution in [2.75, 3.05) is 0 Å². The molecular formula is C25H19ClN2O2. The number of fused-ring (bicyclic) bond motifs is 1. The number of ether oxygens (including phenoxy) is 1. The second-order valence-corrected chi connectivity index (χ2v) is 7.12. The van der Waals surface area contributed by atoms with Gasteiger partial charge in [0.25, 0.3) is 5.91 Å². The third-order valence-electron chi connectivity index (χ3n) is 4.60. The van der Waals surface area contributed by atoms with Gasteiger partial charge in [0.2, 0.25) is 0 Å². The molecule has 1 N–H and O–H groups in total. The van der Waals surface area contributed by atoms with Crippen molar-refractivity contribution < 1.29 is 9.53 Å². The summed E-state index contributed by atoms with van der Waals surface area (Å²) in [5.41, 5.74) is 4.86. The minimum atomic E-state index is -0.261. The van der Waals surface area contributed by atoms with E-state index >= 15 is 0 Å². The molecule has 0 bridgehead atoms. The summed E-state index contributed by atoms with van der Waals surface area (Å²) in [5.74, 6) is 0.433. The third-order valence-corrected chi connectivity index (χ3v) is 4.97. The Morgan fingerprint density at radius 2 is 1.70 bits per heavy atom. The van der Waals surface area contributed by atoms with Crippen LogP contribution in [0.3, 0.4) is 0 Å². The van der Waals surface area contributed by atoms with E-state index in [2.05, 4.69) is 10.5 Å². The number of carbonyl (C=O) groups is 1. The molecule has 0 radical (unpaired) electrons. The van der Waals surface area contributed by atoms with E-state index < -0.39 is 0 Å². The van der Waals surface area contributed by atoms with Crippen LogP contribution in [0.15, 0.2) is 96.1 Å². The van der Waals surface area contributed by atoms with Crippen LogP contribution in [0.5, 0.6) is 5.75 Å². The first-order valence-electron chi connectivity index (χ1n) is 9.47. The number of hydrogen-bond acceptors (Lipinski definition) is 3. The lowest BCUT2D eigenvalue weighted by Crippen LogP contribution is -2.17. The van der Waals surface area contributed by atoms with E-state index in [1.54, 1.807) is 12.3 Å². The molecule has 0 aliphatic rings. The third kappa shape index (κ3) is 4.85. The normalized spacial score (nSPS) is 11.0. The van der Waals surface area contributed by atoms with Gasteiger partial charge in [-0.2, -0.15) is 5.10 Å². The summed E-state index contributed by atoms with van der Waals surface area (Å²) < 4.78 is 5.82. The molecule has 0 aliphatic carbocycles. The second kappa shape index (κ2) is 9.25. The summed E-state index contributed by atoms with van der Waals surface area (Å²) in [5, 5.41) is 6.84. The number of carbonyl (C=O) groups excluding carboxylic acids is 1. The van der Waals surface area contributed by atoms with Gasteiger partial charge < -0.3 is 4.74 Å². The average molecular weight is 415 g/mol. The van der Waals surface area contributed by atoms with Crippen molar-refractivity contribution in [3.63, 3.8) is 0 Å². The SMILES string of the molecule is O=C(N/N=C\c1cccc(OCc2ccccc2Cl)c1)c1ccc2ccccc2c1. The number of nitrogens with one attached hydrogen (secondary N) is 1. The maximum Gasteiger partial charge on any atom is 0.271 e. The standard InChI is InChI=1S/C25H19ClN2O2/c26-24-11-4-3-9-22(24)17-30-23-10-5-6-18(14-23)16-27-28-25(29)21-13-12-19-7-1-2-8-20(19)15-21/h1-16H,17H2,(H,28,29)/b27-16-. The maximum absolute atomic E-state index is 12.4. The summed E-state index contributed by atoms with van der Waals surface area (Å²) in [7, 11) is 0. The molecule has 0 heterocycles. The number of hydrogen-bond donors (Lipinski definition) is 1. The second-order valence-electron chi connectivity index (χ2n) is 6.71. The predicted molar refractivity (Wildman–Crippen MR) is 121 cm³/mol. The summed E-state index contributed by atoms with van der Waals surface area (Å²) in [4.78, 5) is 12.4. The first-order valence-corrected chi connectivity index (χ1v) is 9.85. The highest BCUT2D eigenvalue weighted by Crippen LogP contribution is 2.19. The molecule has 5 heteroatoms. The molecule has 148 valence electrons. The lowest BCUT2D eigenvalue weighted by atomic mass is 10.1. The summed E-state index contributed by atoms with van der Waals surface area (Å²) in [6.45, 7) is 0.374. The fourth-order valence-electron chi connectivity index (χ4n) is 3.02. The smallest absolute Gasteiger partial charge is 0.271 e. The monoisotopic (exact) mass is 414 g/mol. The van der Waals surface area contributed by atoms with Gasteiger partial charge >= 0.3 is 0 Å². The highest BCUT2D eigenvalue weighted by molar-refractivity contribution is 6.31. The number of nitrogens with zero attached hydrogens (tertiary/aromatic N) is 1. The van der Waals surface area contributed by atoms with Crippen molar-refractivity contribution in [2.24, 2.45) is 5.10 Å². The lowest BCUT2D eigenvalue weighted by Gasteiger charge is -2.08. The topological polar surface area (TPSA) is 50.7 Å². The van der Waals surface area contributed by atoms with E-state index in [1.807, 2.05) is 84.9 Å². The predicted octanol–water partition coefficient (Wildman–Crippen LogP) is 5.84. The Morgan fingerprint density at radius 1 is 0.900 bits per heavy atom. The van der Waals surface area contributed by atoms with Gasteiger partial charge in [0.05, 0.1) is 6.21 Å². The largest absolute Gasteiger partial charge is 0.489 e. The first kappa shape index (κ1) is 19.7. The average Bonchev–Trinajstić information content (AvgIpc) is 2.78. The van der Waals surface area contributed by atoms with Crippen LogP contribution in [-0.4, -0.2) is 12.1 Å². The number of amides is 1. The molecule has 0 aliphatic heterocycles. The Kier molecular flexibility index (Phi) is 6.06. The molecule has 4 aromatic rings. The van der Waals surface area contributed by atoms with Crippen molar-refractivity contribution in [3.05, 3.63) is 113 Å². The van der Waals surface area contributed by atoms with Crippen LogP contribution in [0.1, 0.15) is 21.5 Å². The van der Waals surface area contributed by atoms with Gasteiger partial charge in [-0.1, -0.05) is 72.3 Å². The quantitative estimate of drug-likeness (QED) is 0.318. The Balaban J connectivity index is 1.38. The van der Waals surface area contributed by atoms with E-state index in [1.165, 1.54) is 0 Å². The van der Waals surface area contributed by atoms with Crippen molar-refractivity contribution in [1.82, 2.24) is 5.43 Å². The summed E-state index contributed by atoms with van der Waals surface area (Å²) >= 11 is 6.16. The van der Waals surface area contributed by atoms with Crippen LogP contribution in [0.25, 0.3) is 10.8 Å². The number of hydrazone groups is 1. The van der Waals surface area contributed by atoms with E-state index in [0.717, 1.165) is 21.9 Å². The molecule has 0 atom stereocenters. The highest BCUT2D eigenvalue weighted by atomic mass is 35.5. The molecule has 4 nitrogen and oxygen atoms in total. The summed E-state index contributed by atoms with van der Waals surface area (Å²) in [6, 6.07) is 28.5. The zero-order valence-corrected chi connectivity index (χ0v) is 16.8. The van der Waals surface area contributed by atoms with Gasteiger partial charge in [-0.05, 0) is 46.7 Å². The van der Waals surface area contributed by atoms with E-state index in [0.29, 0.717) is 22.9 Å². The van der Waals surface area contributed by atoms with Crippen molar-refractivity contribution >= 4 is 34.5 Å². The van der Waals surface area contributed by atoms with Crippen LogP contribution < -0.4 is 10.2 Å². The van der Waals surface area contributed by atoms with E-state index in [-0.39, 0.29) is 5.91 Å². The molecule has 4 aromatic carbocycles. The maximum atomic E-state index is 12.4. The van der Waals surface area contributed by atoms with Crippen LogP contribution >= 0.6 is 11.6 Å². The molecule has 0 saturated carbocycles. The molecule has 0 fully saturated rings. The number of rotatable bonds is 6. The molecule has 0 saturated heterocycles.